The Bertz CT molecular complexity index is 884. The topological polar surface area (TPSA) is 122 Å². The number of thiol groups is 1. The standard InChI is InChI=1S/C16H19FN2O6S.C6H6/c1-25-13-3-2-10(26)4-9(13)5-14(21)18-8-15(22)19-11(6-16(23)24)12(20)7-17;1-2-4-6-5-3-1/h2-4,11,26H,5-8H2,1H3,(H,18,21)(H,19,22)(H,23,24);1-6H. The summed E-state index contributed by atoms with van der Waals surface area (Å²) >= 11 is 4.18. The number of nitrogens with one attached hydrogen (secondary N) is 2. The van der Waals surface area contributed by atoms with Crippen LogP contribution in [0, 0.1) is 0 Å². The third-order valence-electron chi connectivity index (χ3n) is 3.96. The van der Waals surface area contributed by atoms with E-state index in [4.69, 9.17) is 9.84 Å². The van der Waals surface area contributed by atoms with Crippen LogP contribution in [0.2, 0.25) is 0 Å². The minimum atomic E-state index is -1.48. The first kappa shape index (κ1) is 26.6. The lowest BCUT2D eigenvalue weighted by molar-refractivity contribution is -0.140. The second kappa shape index (κ2) is 14.6. The number of alkyl halides is 1. The number of carbonyl (C=O) groups is 4. The normalized spacial score (nSPS) is 10.7. The number of hydrogen-bond donors (Lipinski definition) is 4. The number of carbonyl (C=O) groups excluding carboxylic acids is 3. The van der Waals surface area contributed by atoms with Gasteiger partial charge in [0.05, 0.1) is 26.5 Å². The van der Waals surface area contributed by atoms with Gasteiger partial charge in [-0.2, -0.15) is 0 Å². The molecule has 3 N–H and O–H groups in total. The van der Waals surface area contributed by atoms with Crippen molar-refractivity contribution in [3.05, 3.63) is 60.2 Å². The molecule has 2 amide bonds. The molecule has 8 nitrogen and oxygen atoms in total. The first-order chi connectivity index (χ1) is 15.3. The Labute approximate surface area is 190 Å². The molecule has 2 aromatic carbocycles. The van der Waals surface area contributed by atoms with Gasteiger partial charge in [-0.25, -0.2) is 4.39 Å². The summed E-state index contributed by atoms with van der Waals surface area (Å²) in [6.45, 7) is -1.89. The number of ketones is 1. The van der Waals surface area contributed by atoms with Crippen LogP contribution in [0.1, 0.15) is 12.0 Å². The van der Waals surface area contributed by atoms with Crippen LogP contribution in [0.25, 0.3) is 0 Å². The van der Waals surface area contributed by atoms with Crippen molar-refractivity contribution in [2.75, 3.05) is 20.3 Å². The van der Waals surface area contributed by atoms with Crippen LogP contribution in [-0.4, -0.2) is 55.0 Å². The van der Waals surface area contributed by atoms with Crippen LogP contribution in [0.15, 0.2) is 59.5 Å². The van der Waals surface area contributed by atoms with Crippen LogP contribution in [0.3, 0.4) is 0 Å². The molecule has 0 aromatic heterocycles. The van der Waals surface area contributed by atoms with Crippen LogP contribution in [-0.2, 0) is 25.6 Å². The molecule has 2 aromatic rings. The molecule has 10 heteroatoms. The van der Waals surface area contributed by atoms with Gasteiger partial charge in [-0.3, -0.25) is 19.2 Å². The van der Waals surface area contributed by atoms with E-state index in [1.807, 2.05) is 36.4 Å². The molecule has 0 bridgehead atoms. The van der Waals surface area contributed by atoms with E-state index in [-0.39, 0.29) is 6.42 Å². The van der Waals surface area contributed by atoms with E-state index >= 15 is 0 Å². The molecule has 0 saturated carbocycles. The van der Waals surface area contributed by atoms with E-state index in [1.54, 1.807) is 18.2 Å². The Morgan fingerprint density at radius 3 is 2.16 bits per heavy atom. The molecule has 0 aliphatic carbocycles. The maximum absolute atomic E-state index is 12.4. The number of aliphatic carboxylic acids is 1. The number of rotatable bonds is 10. The Morgan fingerprint density at radius 2 is 1.66 bits per heavy atom. The number of carboxylic acids is 1. The lowest BCUT2D eigenvalue weighted by Crippen LogP contribution is -2.47. The zero-order valence-corrected chi connectivity index (χ0v) is 18.3. The SMILES string of the molecule is COc1ccc(S)cc1CC(=O)NCC(=O)NC(CC(=O)O)C(=O)CF.c1ccccc1. The van der Waals surface area contributed by atoms with Crippen LogP contribution < -0.4 is 15.4 Å². The smallest absolute Gasteiger partial charge is 0.305 e. The number of carboxylic acid groups (broad SMARTS) is 1. The molecule has 2 rings (SSSR count). The van der Waals surface area contributed by atoms with Gasteiger partial charge >= 0.3 is 5.97 Å². The highest BCUT2D eigenvalue weighted by Gasteiger charge is 2.23. The van der Waals surface area contributed by atoms with Crippen LogP contribution >= 0.6 is 12.6 Å². The summed E-state index contributed by atoms with van der Waals surface area (Å²) in [6, 6.07) is 15.5. The van der Waals surface area contributed by atoms with Crippen LogP contribution in [0.4, 0.5) is 4.39 Å². The molecular formula is C22H25FN2O6S. The first-order valence-corrected chi connectivity index (χ1v) is 9.94. The largest absolute Gasteiger partial charge is 0.496 e. The van der Waals surface area contributed by atoms with Crippen molar-refractivity contribution in [3.8, 4) is 5.75 Å². The third-order valence-corrected chi connectivity index (χ3v) is 4.24. The van der Waals surface area contributed by atoms with Gasteiger partial charge in [0, 0.05) is 10.5 Å². The Morgan fingerprint density at radius 1 is 1.06 bits per heavy atom. The monoisotopic (exact) mass is 464 g/mol. The van der Waals surface area contributed by atoms with Crippen molar-refractivity contribution >= 4 is 36.2 Å². The molecule has 1 atom stereocenters. The highest BCUT2D eigenvalue weighted by Crippen LogP contribution is 2.22. The predicted molar refractivity (Wildman–Crippen MR) is 119 cm³/mol. The molecule has 1 unspecified atom stereocenters. The maximum atomic E-state index is 12.4. The van der Waals surface area contributed by atoms with Gasteiger partial charge in [0.25, 0.3) is 0 Å². The molecule has 0 aliphatic heterocycles. The van der Waals surface area contributed by atoms with Crippen molar-refractivity contribution in [1.82, 2.24) is 10.6 Å². The molecule has 0 radical (unpaired) electrons. The van der Waals surface area contributed by atoms with Crippen LogP contribution in [0.5, 0.6) is 5.75 Å². The highest BCUT2D eigenvalue weighted by atomic mass is 32.1. The molecule has 0 aliphatic rings. The number of halogens is 1. The minimum absolute atomic E-state index is 0.0766. The minimum Gasteiger partial charge on any atom is -0.496 e. The number of ether oxygens (including phenoxy) is 1. The summed E-state index contributed by atoms with van der Waals surface area (Å²) in [5, 5.41) is 13.1. The molecular weight excluding hydrogens is 439 g/mol. The van der Waals surface area contributed by atoms with Gasteiger partial charge < -0.3 is 20.5 Å². The van der Waals surface area contributed by atoms with E-state index in [9.17, 15) is 23.6 Å². The van der Waals surface area contributed by atoms with Crippen molar-refractivity contribution in [2.24, 2.45) is 0 Å². The first-order valence-electron chi connectivity index (χ1n) is 9.49. The number of Topliss-reactive ketones (excluding diaryl/α,β-unsaturated/α-hetero) is 1. The molecule has 0 saturated heterocycles. The quantitative estimate of drug-likeness (QED) is 0.398. The number of amides is 2. The number of methoxy groups -OCH3 is 1. The molecule has 0 spiro atoms. The average Bonchev–Trinajstić information content (AvgIpc) is 2.78. The van der Waals surface area contributed by atoms with E-state index in [2.05, 4.69) is 23.3 Å². The zero-order chi connectivity index (χ0) is 23.9. The number of benzene rings is 2. The van der Waals surface area contributed by atoms with Gasteiger partial charge in [-0.05, 0) is 18.2 Å². The van der Waals surface area contributed by atoms with Gasteiger partial charge in [0.2, 0.25) is 11.8 Å². The van der Waals surface area contributed by atoms with Crippen molar-refractivity contribution in [2.45, 2.75) is 23.8 Å². The summed E-state index contributed by atoms with van der Waals surface area (Å²) < 4.78 is 17.5. The molecule has 172 valence electrons. The summed E-state index contributed by atoms with van der Waals surface area (Å²) in [5.74, 6) is -3.23. The predicted octanol–water partition coefficient (Wildman–Crippen LogP) is 1.83. The maximum Gasteiger partial charge on any atom is 0.305 e. The molecule has 0 heterocycles. The van der Waals surface area contributed by atoms with Gasteiger partial charge in [-0.15, -0.1) is 12.6 Å². The molecule has 32 heavy (non-hydrogen) atoms. The fourth-order valence-corrected chi connectivity index (χ4v) is 2.69. The van der Waals surface area contributed by atoms with Crippen molar-refractivity contribution in [3.63, 3.8) is 0 Å². The van der Waals surface area contributed by atoms with Crippen molar-refractivity contribution in [1.29, 1.82) is 0 Å². The lowest BCUT2D eigenvalue weighted by atomic mass is 10.1. The second-order valence-electron chi connectivity index (χ2n) is 6.42. The van der Waals surface area contributed by atoms with E-state index in [1.165, 1.54) is 7.11 Å². The molecule has 0 fully saturated rings. The van der Waals surface area contributed by atoms with Gasteiger partial charge in [-0.1, -0.05) is 36.4 Å². The summed E-state index contributed by atoms with van der Waals surface area (Å²) in [4.78, 5) is 46.3. The second-order valence-corrected chi connectivity index (χ2v) is 6.94. The zero-order valence-electron chi connectivity index (χ0n) is 17.4. The number of hydrogen-bond acceptors (Lipinski definition) is 6. The fraction of sp³-hybridized carbons (Fsp3) is 0.273. The Hall–Kier alpha value is -3.40. The van der Waals surface area contributed by atoms with Gasteiger partial charge in [0.15, 0.2) is 5.78 Å². The summed E-state index contributed by atoms with van der Waals surface area (Å²) in [5.41, 5.74) is 0.564. The lowest BCUT2D eigenvalue weighted by Gasteiger charge is -2.15. The van der Waals surface area contributed by atoms with Gasteiger partial charge in [0.1, 0.15) is 18.5 Å². The summed E-state index contributed by atoms with van der Waals surface area (Å²) in [6.07, 6.45) is -0.818. The third kappa shape index (κ3) is 10.6. The fourth-order valence-electron chi connectivity index (χ4n) is 2.46. The van der Waals surface area contributed by atoms with E-state index in [0.717, 1.165) is 0 Å². The average molecular weight is 465 g/mol. The Kier molecular flexibility index (Phi) is 12.1. The van der Waals surface area contributed by atoms with E-state index in [0.29, 0.717) is 16.2 Å². The Balaban J connectivity index is 0.000000730. The van der Waals surface area contributed by atoms with E-state index < -0.39 is 49.2 Å². The summed E-state index contributed by atoms with van der Waals surface area (Å²) in [7, 11) is 1.45. The highest BCUT2D eigenvalue weighted by molar-refractivity contribution is 7.80. The van der Waals surface area contributed by atoms with Crippen molar-refractivity contribution < 1.29 is 33.4 Å².